The number of rotatable bonds is 21. The molecule has 286 valence electrons. The van der Waals surface area contributed by atoms with Gasteiger partial charge >= 0.3 is 15.2 Å². The number of aromatic nitrogens is 4. The molecular formula is C28H43ClN6O14P2. The van der Waals surface area contributed by atoms with Gasteiger partial charge in [-0.15, -0.1) is 6.42 Å². The highest BCUT2D eigenvalue weighted by atomic mass is 35.5. The number of likely N-dealkylation sites (tertiary alicyclic amines) is 1. The predicted octanol–water partition coefficient (Wildman–Crippen LogP) is -0.0713. The Morgan fingerprint density at radius 3 is 2.25 bits per heavy atom. The number of hydrogen-bond donors (Lipinski definition) is 6. The largest absolute Gasteiger partial charge is 0.387 e. The van der Waals surface area contributed by atoms with Crippen molar-refractivity contribution in [2.24, 2.45) is 0 Å². The third-order valence-electron chi connectivity index (χ3n) is 7.76. The van der Waals surface area contributed by atoms with Crippen LogP contribution in [0.1, 0.15) is 25.5 Å². The SMILES string of the molecule is C#CCOCCOCCOCCOCCC(=O)N1CCC(Nc2nc(Cl)nc3c2cnn3[C@@H]2O[C@H](COP(=O)(O)CP(=O)(O)O)[C@@H](O)[C@H]2O)CC1. The van der Waals surface area contributed by atoms with E-state index >= 15 is 0 Å². The summed E-state index contributed by atoms with van der Waals surface area (Å²) in [5, 5.41) is 29.1. The van der Waals surface area contributed by atoms with Gasteiger partial charge in [0.25, 0.3) is 0 Å². The molecule has 2 aliphatic heterocycles. The minimum atomic E-state index is -4.87. The molecule has 2 aromatic heterocycles. The van der Waals surface area contributed by atoms with Crippen LogP contribution in [-0.4, -0.2) is 158 Å². The number of nitrogens with zero attached hydrogens (tertiary/aromatic N) is 5. The van der Waals surface area contributed by atoms with Crippen molar-refractivity contribution < 1.29 is 67.0 Å². The smallest absolute Gasteiger partial charge is 0.340 e. The van der Waals surface area contributed by atoms with Crippen LogP contribution in [0.2, 0.25) is 5.28 Å². The Hall–Kier alpha value is -2.31. The van der Waals surface area contributed by atoms with Gasteiger partial charge in [-0.3, -0.25) is 13.9 Å². The van der Waals surface area contributed by atoms with E-state index in [-0.39, 0.29) is 42.5 Å². The molecule has 4 rings (SSSR count). The van der Waals surface area contributed by atoms with Gasteiger partial charge in [0.15, 0.2) is 17.8 Å². The van der Waals surface area contributed by atoms with Crippen molar-refractivity contribution in [1.29, 1.82) is 0 Å². The zero-order chi connectivity index (χ0) is 37.0. The topological polar surface area (TPSA) is 267 Å². The van der Waals surface area contributed by atoms with Gasteiger partial charge in [0.1, 0.15) is 30.7 Å². The lowest BCUT2D eigenvalue weighted by atomic mass is 10.0. The fraction of sp³-hybridized carbons (Fsp3) is 0.714. The molecule has 0 aromatic carbocycles. The third kappa shape index (κ3) is 12.9. The van der Waals surface area contributed by atoms with Crippen LogP contribution < -0.4 is 5.32 Å². The molecule has 2 aromatic rings. The highest BCUT2D eigenvalue weighted by Crippen LogP contribution is 2.55. The van der Waals surface area contributed by atoms with E-state index in [4.69, 9.17) is 56.0 Å². The van der Waals surface area contributed by atoms with E-state index in [0.29, 0.717) is 76.8 Å². The second-order valence-corrected chi connectivity index (χ2v) is 15.9. The lowest BCUT2D eigenvalue weighted by Crippen LogP contribution is -2.42. The number of aliphatic hydroxyl groups excluding tert-OH is 2. The maximum Gasteiger partial charge on any atom is 0.340 e. The minimum absolute atomic E-state index is 0.0202. The highest BCUT2D eigenvalue weighted by molar-refractivity contribution is 7.70. The van der Waals surface area contributed by atoms with Crippen molar-refractivity contribution >= 4 is 49.6 Å². The third-order valence-corrected chi connectivity index (χ3v) is 11.4. The van der Waals surface area contributed by atoms with Crippen LogP contribution in [0.15, 0.2) is 6.20 Å². The van der Waals surface area contributed by atoms with Crippen molar-refractivity contribution in [3.63, 3.8) is 0 Å². The summed E-state index contributed by atoms with van der Waals surface area (Å²) in [6.45, 7) is 3.23. The number of amides is 1. The molecule has 51 heavy (non-hydrogen) atoms. The van der Waals surface area contributed by atoms with Crippen molar-refractivity contribution in [2.45, 2.75) is 49.8 Å². The fourth-order valence-electron chi connectivity index (χ4n) is 5.30. The van der Waals surface area contributed by atoms with Crippen molar-refractivity contribution in [1.82, 2.24) is 24.6 Å². The Morgan fingerprint density at radius 1 is 1.00 bits per heavy atom. The molecule has 0 spiro atoms. The molecular weight excluding hydrogens is 742 g/mol. The van der Waals surface area contributed by atoms with Gasteiger partial charge in [0.05, 0.1) is 70.9 Å². The summed E-state index contributed by atoms with van der Waals surface area (Å²) < 4.78 is 56.1. The van der Waals surface area contributed by atoms with E-state index in [2.05, 4.69) is 26.3 Å². The molecule has 23 heteroatoms. The zero-order valence-electron chi connectivity index (χ0n) is 27.6. The monoisotopic (exact) mass is 784 g/mol. The molecule has 2 aliphatic rings. The summed E-state index contributed by atoms with van der Waals surface area (Å²) >= 11 is 6.23. The van der Waals surface area contributed by atoms with Crippen molar-refractivity contribution in [2.75, 3.05) is 83.8 Å². The van der Waals surface area contributed by atoms with Crippen LogP contribution in [0.5, 0.6) is 0 Å². The summed E-state index contributed by atoms with van der Waals surface area (Å²) in [7, 11) is -9.60. The second-order valence-electron chi connectivity index (χ2n) is 11.6. The Morgan fingerprint density at radius 2 is 1.63 bits per heavy atom. The van der Waals surface area contributed by atoms with Gasteiger partial charge < -0.3 is 63.3 Å². The molecule has 2 fully saturated rings. The van der Waals surface area contributed by atoms with Crippen LogP contribution in [-0.2, 0) is 42.1 Å². The van der Waals surface area contributed by atoms with Gasteiger partial charge in [0.2, 0.25) is 11.2 Å². The number of carbonyl (C=O) groups excluding carboxylic acids is 1. The molecule has 1 unspecified atom stereocenters. The van der Waals surface area contributed by atoms with Crippen molar-refractivity contribution in [3.05, 3.63) is 11.5 Å². The van der Waals surface area contributed by atoms with E-state index < -0.39 is 52.2 Å². The number of piperidine rings is 1. The Labute approximate surface area is 298 Å². The van der Waals surface area contributed by atoms with E-state index in [1.165, 1.54) is 10.9 Å². The average molecular weight is 785 g/mol. The molecule has 2 saturated heterocycles. The molecule has 0 aliphatic carbocycles. The number of halogens is 1. The van der Waals surface area contributed by atoms with Crippen LogP contribution in [0.3, 0.4) is 0 Å². The standard InChI is InChI=1S/C28H43ClN6O14P2/c1-2-8-44-10-12-46-14-15-47-13-11-45-9-5-22(36)34-6-3-19(4-7-34)31-25-20-16-30-35(26(20)33-28(29)32-25)27-24(38)23(37)21(49-27)17-48-51(42,43)18-50(39,40)41/h1,16,19,21,23-24,27,37-38H,3-15,17-18H2,(H,42,43)(H,31,32,33)(H2,39,40,41)/t21-,23-,24-,27-/m1/s1. The highest BCUT2D eigenvalue weighted by Gasteiger charge is 2.46. The number of fused-ring (bicyclic) bond motifs is 1. The first-order chi connectivity index (χ1) is 24.3. The molecule has 5 atom stereocenters. The summed E-state index contributed by atoms with van der Waals surface area (Å²) in [4.78, 5) is 50.7. The molecule has 6 N–H and O–H groups in total. The first kappa shape index (κ1) is 41.4. The number of carbonyl (C=O) groups is 1. The maximum absolute atomic E-state index is 12.7. The number of aliphatic hydroxyl groups is 2. The van der Waals surface area contributed by atoms with Gasteiger partial charge in [-0.2, -0.15) is 15.1 Å². The average Bonchev–Trinajstić information content (AvgIpc) is 3.61. The fourth-order valence-corrected chi connectivity index (χ4v) is 8.04. The summed E-state index contributed by atoms with van der Waals surface area (Å²) in [6, 6.07) is -0.0709. The molecule has 1 amide bonds. The van der Waals surface area contributed by atoms with Crippen LogP contribution in [0.4, 0.5) is 5.82 Å². The normalized spacial score (nSPS) is 22.6. The Bertz CT molecular complexity index is 1570. The quantitative estimate of drug-likeness (QED) is 0.0419. The van der Waals surface area contributed by atoms with Gasteiger partial charge in [-0.1, -0.05) is 5.92 Å². The Kier molecular flexibility index (Phi) is 16.0. The van der Waals surface area contributed by atoms with E-state index in [9.17, 15) is 29.0 Å². The number of anilines is 1. The Balaban J connectivity index is 1.20. The van der Waals surface area contributed by atoms with Gasteiger partial charge in [-0.25, -0.2) is 4.68 Å². The first-order valence-electron chi connectivity index (χ1n) is 16.0. The summed E-state index contributed by atoms with van der Waals surface area (Å²) in [5.41, 5.74) is 0.151. The first-order valence-corrected chi connectivity index (χ1v) is 19.9. The van der Waals surface area contributed by atoms with Crippen LogP contribution in [0, 0.1) is 12.3 Å². The number of terminal acetylenes is 1. The van der Waals surface area contributed by atoms with E-state index in [1.807, 2.05) is 0 Å². The molecule has 20 nitrogen and oxygen atoms in total. The van der Waals surface area contributed by atoms with Crippen LogP contribution >= 0.6 is 26.8 Å². The molecule has 4 heterocycles. The number of ether oxygens (including phenoxy) is 5. The van der Waals surface area contributed by atoms with E-state index in [1.54, 1.807) is 4.90 Å². The molecule has 0 saturated carbocycles. The minimum Gasteiger partial charge on any atom is -0.387 e. The maximum atomic E-state index is 12.7. The molecule has 0 bridgehead atoms. The van der Waals surface area contributed by atoms with Gasteiger partial charge in [0, 0.05) is 19.1 Å². The van der Waals surface area contributed by atoms with Crippen molar-refractivity contribution in [3.8, 4) is 12.3 Å². The number of hydrogen-bond acceptors (Lipinski definition) is 15. The molecule has 0 radical (unpaired) electrons. The lowest BCUT2D eigenvalue weighted by Gasteiger charge is -2.32. The van der Waals surface area contributed by atoms with Crippen LogP contribution in [0.25, 0.3) is 11.0 Å². The summed E-state index contributed by atoms with van der Waals surface area (Å²) in [6.07, 6.45) is 2.10. The van der Waals surface area contributed by atoms with E-state index in [0.717, 1.165) is 0 Å². The second kappa shape index (κ2) is 19.7. The predicted molar refractivity (Wildman–Crippen MR) is 179 cm³/mol. The lowest BCUT2D eigenvalue weighted by molar-refractivity contribution is -0.133. The number of nitrogens with one attached hydrogen (secondary N) is 1. The van der Waals surface area contributed by atoms with Gasteiger partial charge in [-0.05, 0) is 24.4 Å². The zero-order valence-corrected chi connectivity index (χ0v) is 30.1. The summed E-state index contributed by atoms with van der Waals surface area (Å²) in [5.74, 6) is 1.28.